The van der Waals surface area contributed by atoms with E-state index in [0.717, 1.165) is 27.6 Å². The van der Waals surface area contributed by atoms with Crippen LogP contribution in [0.3, 0.4) is 0 Å². The van der Waals surface area contributed by atoms with E-state index in [1.54, 1.807) is 35.7 Å². The Balaban J connectivity index is 1.69. The first-order chi connectivity index (χ1) is 16.8. The summed E-state index contributed by atoms with van der Waals surface area (Å²) in [7, 11) is -3.97. The number of benzene rings is 3. The van der Waals surface area contributed by atoms with Gasteiger partial charge < -0.3 is 5.11 Å². The molecule has 0 radical (unpaired) electrons. The summed E-state index contributed by atoms with van der Waals surface area (Å²) >= 11 is 1.59. The maximum atomic E-state index is 14.0. The number of fused-ring (bicyclic) bond motifs is 1. The van der Waals surface area contributed by atoms with Gasteiger partial charge in [-0.15, -0.1) is 0 Å². The zero-order chi connectivity index (χ0) is 24.6. The van der Waals surface area contributed by atoms with Crippen LogP contribution in [-0.2, 0) is 21.2 Å². The summed E-state index contributed by atoms with van der Waals surface area (Å²) in [6.45, 7) is 1.99. The highest BCUT2D eigenvalue weighted by atomic mass is 32.2. The van der Waals surface area contributed by atoms with Crippen LogP contribution in [0.25, 0.3) is 33.2 Å². The Labute approximate surface area is 208 Å². The monoisotopic (exact) mass is 501 g/mol. The predicted molar refractivity (Wildman–Crippen MR) is 140 cm³/mol. The number of rotatable bonds is 7. The molecule has 0 saturated carbocycles. The van der Waals surface area contributed by atoms with Crippen molar-refractivity contribution >= 4 is 38.2 Å². The molecule has 0 spiro atoms. The highest BCUT2D eigenvalue weighted by Gasteiger charge is 2.25. The average Bonchev–Trinajstić information content (AvgIpc) is 3.52. The van der Waals surface area contributed by atoms with Gasteiger partial charge in [-0.25, -0.2) is 12.4 Å². The number of carbonyl (C=O) groups is 1. The summed E-state index contributed by atoms with van der Waals surface area (Å²) in [4.78, 5) is 11.5. The summed E-state index contributed by atoms with van der Waals surface area (Å²) in [6.07, 6.45) is 1.73. The quantitative estimate of drug-likeness (QED) is 0.273. The zero-order valence-corrected chi connectivity index (χ0v) is 20.6. The molecule has 5 nitrogen and oxygen atoms in total. The van der Waals surface area contributed by atoms with Crippen molar-refractivity contribution in [3.8, 4) is 22.3 Å². The number of nitrogens with zero attached hydrogens (tertiary/aromatic N) is 1. The second-order valence-electron chi connectivity index (χ2n) is 8.46. The van der Waals surface area contributed by atoms with E-state index in [-0.39, 0.29) is 17.7 Å². The largest absolute Gasteiger partial charge is 0.481 e. The Kier molecular flexibility index (Phi) is 6.05. The third-order valence-corrected chi connectivity index (χ3v) is 8.52. The standard InChI is InChI=1S/C28H23NO4S2/c1-19-6-8-20(9-7-19)24-4-2-3-5-27(24)35(32,33)29-17-22(11-13-28(30)31)25-16-21(10-12-26(25)29)23-14-15-34-18-23/h2-10,12,14-18H,11,13H2,1H3,(H,30,31). The normalized spacial score (nSPS) is 11.7. The molecule has 0 amide bonds. The molecule has 0 bridgehead atoms. The van der Waals surface area contributed by atoms with E-state index in [0.29, 0.717) is 16.6 Å². The lowest BCUT2D eigenvalue weighted by molar-refractivity contribution is -0.136. The number of aliphatic carboxylic acids is 1. The van der Waals surface area contributed by atoms with Gasteiger partial charge in [-0.2, -0.15) is 11.3 Å². The van der Waals surface area contributed by atoms with Crippen molar-refractivity contribution in [2.24, 2.45) is 0 Å². The zero-order valence-electron chi connectivity index (χ0n) is 19.0. The molecule has 0 atom stereocenters. The first-order valence-electron chi connectivity index (χ1n) is 11.1. The SMILES string of the molecule is Cc1ccc(-c2ccccc2S(=O)(=O)n2cc(CCC(=O)O)c3cc(-c4ccsc4)ccc32)cc1. The highest BCUT2D eigenvalue weighted by Crippen LogP contribution is 2.34. The van der Waals surface area contributed by atoms with E-state index in [9.17, 15) is 18.3 Å². The second-order valence-corrected chi connectivity index (χ2v) is 11.0. The van der Waals surface area contributed by atoms with Crippen LogP contribution < -0.4 is 0 Å². The smallest absolute Gasteiger partial charge is 0.303 e. The molecule has 1 N–H and O–H groups in total. The maximum Gasteiger partial charge on any atom is 0.303 e. The van der Waals surface area contributed by atoms with Crippen LogP contribution in [0.15, 0.2) is 94.6 Å². The molecule has 0 unspecified atom stereocenters. The van der Waals surface area contributed by atoms with Crippen molar-refractivity contribution < 1.29 is 18.3 Å². The Morgan fingerprint density at radius 1 is 0.943 bits per heavy atom. The van der Waals surface area contributed by atoms with Gasteiger partial charge in [0.15, 0.2) is 0 Å². The van der Waals surface area contributed by atoms with Crippen LogP contribution in [-0.4, -0.2) is 23.5 Å². The van der Waals surface area contributed by atoms with Crippen molar-refractivity contribution in [2.75, 3.05) is 0 Å². The van der Waals surface area contributed by atoms with E-state index in [1.165, 1.54) is 3.97 Å². The molecule has 176 valence electrons. The summed E-state index contributed by atoms with van der Waals surface area (Å²) in [5.41, 5.74) is 5.76. The van der Waals surface area contributed by atoms with Gasteiger partial charge >= 0.3 is 5.97 Å². The Hall–Kier alpha value is -3.68. The van der Waals surface area contributed by atoms with Gasteiger partial charge in [-0.3, -0.25) is 4.79 Å². The van der Waals surface area contributed by atoms with Crippen molar-refractivity contribution in [1.82, 2.24) is 3.97 Å². The van der Waals surface area contributed by atoms with E-state index in [1.807, 2.05) is 72.3 Å². The highest BCUT2D eigenvalue weighted by molar-refractivity contribution is 7.90. The number of aryl methyl sites for hydroxylation is 2. The topological polar surface area (TPSA) is 76.4 Å². The second kappa shape index (κ2) is 9.17. The van der Waals surface area contributed by atoms with Crippen molar-refractivity contribution in [3.63, 3.8) is 0 Å². The van der Waals surface area contributed by atoms with Gasteiger partial charge in [0.05, 0.1) is 10.4 Å². The average molecular weight is 502 g/mol. The Morgan fingerprint density at radius 2 is 1.69 bits per heavy atom. The molecule has 2 heterocycles. The van der Waals surface area contributed by atoms with Crippen molar-refractivity contribution in [3.05, 3.63) is 101 Å². The van der Waals surface area contributed by atoms with Gasteiger partial charge in [0.2, 0.25) is 0 Å². The number of hydrogen-bond donors (Lipinski definition) is 1. The third kappa shape index (κ3) is 4.40. The van der Waals surface area contributed by atoms with Gasteiger partial charge in [-0.1, -0.05) is 54.1 Å². The van der Waals surface area contributed by atoms with Crippen LogP contribution in [0.5, 0.6) is 0 Å². The van der Waals surface area contributed by atoms with Crippen LogP contribution in [0.4, 0.5) is 0 Å². The summed E-state index contributed by atoms with van der Waals surface area (Å²) < 4.78 is 29.3. The van der Waals surface area contributed by atoms with E-state index in [4.69, 9.17) is 0 Å². The first-order valence-corrected chi connectivity index (χ1v) is 13.5. The summed E-state index contributed by atoms with van der Waals surface area (Å²) in [6, 6.07) is 22.4. The Bertz CT molecular complexity index is 1630. The molecule has 2 aromatic heterocycles. The molecule has 5 aromatic rings. The predicted octanol–water partition coefficient (Wildman–Crippen LogP) is 6.60. The fourth-order valence-electron chi connectivity index (χ4n) is 4.28. The Morgan fingerprint density at radius 3 is 2.40 bits per heavy atom. The molecule has 0 aliphatic carbocycles. The van der Waals surface area contributed by atoms with E-state index in [2.05, 4.69) is 0 Å². The van der Waals surface area contributed by atoms with Crippen LogP contribution in [0.2, 0.25) is 0 Å². The summed E-state index contributed by atoms with van der Waals surface area (Å²) in [5.74, 6) is -0.924. The van der Waals surface area contributed by atoms with Gasteiger partial charge in [0.25, 0.3) is 10.0 Å². The maximum absolute atomic E-state index is 14.0. The number of carboxylic acids is 1. The molecule has 0 fully saturated rings. The molecular weight excluding hydrogens is 478 g/mol. The van der Waals surface area contributed by atoms with Crippen LogP contribution in [0.1, 0.15) is 17.5 Å². The molecular formula is C28H23NO4S2. The van der Waals surface area contributed by atoms with Crippen LogP contribution in [0, 0.1) is 6.92 Å². The lowest BCUT2D eigenvalue weighted by Crippen LogP contribution is -2.13. The minimum absolute atomic E-state index is 0.0816. The number of thiophene rings is 1. The first kappa shape index (κ1) is 23.1. The molecule has 0 aliphatic rings. The minimum atomic E-state index is -3.97. The lowest BCUT2D eigenvalue weighted by atomic mass is 10.0. The minimum Gasteiger partial charge on any atom is -0.481 e. The van der Waals surface area contributed by atoms with Gasteiger partial charge in [0.1, 0.15) is 0 Å². The lowest BCUT2D eigenvalue weighted by Gasteiger charge is -2.13. The fraction of sp³-hybridized carbons (Fsp3) is 0.107. The summed E-state index contributed by atoms with van der Waals surface area (Å²) in [5, 5.41) is 14.0. The van der Waals surface area contributed by atoms with Gasteiger partial charge in [0, 0.05) is 23.6 Å². The molecule has 35 heavy (non-hydrogen) atoms. The molecule has 0 aliphatic heterocycles. The molecule has 3 aromatic carbocycles. The fourth-order valence-corrected chi connectivity index (χ4v) is 6.56. The van der Waals surface area contributed by atoms with Crippen molar-refractivity contribution in [2.45, 2.75) is 24.7 Å². The van der Waals surface area contributed by atoms with Gasteiger partial charge in [-0.05, 0) is 70.6 Å². The number of carboxylic acid groups (broad SMARTS) is 1. The third-order valence-electron chi connectivity index (χ3n) is 6.10. The van der Waals surface area contributed by atoms with E-state index >= 15 is 0 Å². The van der Waals surface area contributed by atoms with E-state index < -0.39 is 16.0 Å². The number of hydrogen-bond acceptors (Lipinski definition) is 4. The molecule has 7 heteroatoms. The number of aromatic nitrogens is 1. The van der Waals surface area contributed by atoms with Crippen LogP contribution >= 0.6 is 11.3 Å². The molecule has 0 saturated heterocycles. The van der Waals surface area contributed by atoms with Crippen molar-refractivity contribution in [1.29, 1.82) is 0 Å². The molecule has 5 rings (SSSR count).